The Morgan fingerprint density at radius 3 is 2.65 bits per heavy atom. The van der Waals surface area contributed by atoms with E-state index in [0.717, 1.165) is 31.8 Å². The maximum Gasteiger partial charge on any atom is 0.433 e. The zero-order chi connectivity index (χ0) is 16.8. The fourth-order valence-corrected chi connectivity index (χ4v) is 3.69. The van der Waals surface area contributed by atoms with Gasteiger partial charge in [-0.15, -0.1) is 0 Å². The van der Waals surface area contributed by atoms with Gasteiger partial charge in [-0.05, 0) is 24.7 Å². The first kappa shape index (κ1) is 16.0. The third-order valence-electron chi connectivity index (χ3n) is 5.04. The number of amides is 1. The maximum absolute atomic E-state index is 12.8. The monoisotopic (exact) mass is 328 g/mol. The lowest BCUT2D eigenvalue weighted by molar-refractivity contribution is -0.141. The average Bonchev–Trinajstić information content (AvgIpc) is 2.89. The molecule has 5 nitrogen and oxygen atoms in total. The first-order chi connectivity index (χ1) is 10.8. The van der Waals surface area contributed by atoms with Crippen LogP contribution in [-0.2, 0) is 11.0 Å². The van der Waals surface area contributed by atoms with Gasteiger partial charge in [0.2, 0.25) is 5.91 Å². The molecule has 2 fully saturated rings. The molecule has 0 radical (unpaired) electrons. The summed E-state index contributed by atoms with van der Waals surface area (Å²) in [5, 5.41) is 0. The Bertz CT molecular complexity index is 607. The molecule has 23 heavy (non-hydrogen) atoms. The standard InChI is InChI=1S/C15H19F3N4O/c1-21-7-10-4-11(3-9(10)5-14(21)23)22(2)13-6-12(15(16,17)18)19-8-20-13/h6,8-11H,3-5,7H2,1-2H3/t9-,10+,11-/m0/s1. The smallest absolute Gasteiger partial charge is 0.357 e. The van der Waals surface area contributed by atoms with Crippen molar-refractivity contribution in [1.82, 2.24) is 14.9 Å². The molecule has 3 atom stereocenters. The van der Waals surface area contributed by atoms with E-state index in [9.17, 15) is 18.0 Å². The highest BCUT2D eigenvalue weighted by molar-refractivity contribution is 5.77. The van der Waals surface area contributed by atoms with E-state index in [1.54, 1.807) is 23.9 Å². The van der Waals surface area contributed by atoms with Crippen molar-refractivity contribution in [1.29, 1.82) is 0 Å². The number of alkyl halides is 3. The molecule has 1 aliphatic heterocycles. The highest BCUT2D eigenvalue weighted by Gasteiger charge is 2.42. The van der Waals surface area contributed by atoms with Gasteiger partial charge in [-0.1, -0.05) is 0 Å². The summed E-state index contributed by atoms with van der Waals surface area (Å²) in [6, 6.07) is 1.08. The summed E-state index contributed by atoms with van der Waals surface area (Å²) >= 11 is 0. The van der Waals surface area contributed by atoms with E-state index in [4.69, 9.17) is 0 Å². The van der Waals surface area contributed by atoms with Crippen LogP contribution in [0.5, 0.6) is 0 Å². The molecule has 0 aromatic carbocycles. The second-order valence-electron chi connectivity index (χ2n) is 6.49. The van der Waals surface area contributed by atoms with Crippen LogP contribution in [0.4, 0.5) is 19.0 Å². The quantitative estimate of drug-likeness (QED) is 0.835. The van der Waals surface area contributed by atoms with Crippen molar-refractivity contribution < 1.29 is 18.0 Å². The fraction of sp³-hybridized carbons (Fsp3) is 0.667. The van der Waals surface area contributed by atoms with Gasteiger partial charge >= 0.3 is 6.18 Å². The average molecular weight is 328 g/mol. The van der Waals surface area contributed by atoms with Gasteiger partial charge in [-0.25, -0.2) is 9.97 Å². The van der Waals surface area contributed by atoms with E-state index in [0.29, 0.717) is 18.3 Å². The van der Waals surface area contributed by atoms with Gasteiger partial charge in [0, 0.05) is 39.2 Å². The normalized spacial score (nSPS) is 28.0. The van der Waals surface area contributed by atoms with E-state index in [-0.39, 0.29) is 17.8 Å². The molecule has 2 aliphatic rings. The number of nitrogens with zero attached hydrogens (tertiary/aromatic N) is 4. The molecule has 0 spiro atoms. The molecule has 0 unspecified atom stereocenters. The summed E-state index contributed by atoms with van der Waals surface area (Å²) in [6.07, 6.45) is -1.31. The van der Waals surface area contributed by atoms with Crippen molar-refractivity contribution >= 4 is 11.7 Å². The van der Waals surface area contributed by atoms with Crippen molar-refractivity contribution in [3.8, 4) is 0 Å². The molecular formula is C15H19F3N4O. The number of halogens is 3. The van der Waals surface area contributed by atoms with Gasteiger partial charge in [0.05, 0.1) is 0 Å². The number of anilines is 1. The Morgan fingerprint density at radius 2 is 1.96 bits per heavy atom. The molecule has 1 aliphatic carbocycles. The van der Waals surface area contributed by atoms with Crippen LogP contribution >= 0.6 is 0 Å². The van der Waals surface area contributed by atoms with E-state index in [2.05, 4.69) is 9.97 Å². The summed E-state index contributed by atoms with van der Waals surface area (Å²) in [7, 11) is 3.56. The lowest BCUT2D eigenvalue weighted by atomic mass is 9.88. The van der Waals surface area contributed by atoms with Crippen LogP contribution in [0.1, 0.15) is 25.0 Å². The number of piperidine rings is 1. The van der Waals surface area contributed by atoms with Crippen molar-refractivity contribution in [2.75, 3.05) is 25.5 Å². The molecule has 1 aromatic rings. The predicted molar refractivity (Wildman–Crippen MR) is 77.7 cm³/mol. The molecular weight excluding hydrogens is 309 g/mol. The van der Waals surface area contributed by atoms with Crippen LogP contribution in [0.2, 0.25) is 0 Å². The van der Waals surface area contributed by atoms with Gasteiger partial charge in [0.25, 0.3) is 0 Å². The minimum atomic E-state index is -4.47. The Balaban J connectivity index is 1.75. The zero-order valence-corrected chi connectivity index (χ0v) is 13.0. The van der Waals surface area contributed by atoms with Gasteiger partial charge in [-0.2, -0.15) is 13.2 Å². The molecule has 3 rings (SSSR count). The Kier molecular flexibility index (Phi) is 3.93. The topological polar surface area (TPSA) is 49.3 Å². The van der Waals surface area contributed by atoms with Crippen LogP contribution in [0.3, 0.4) is 0 Å². The number of carbonyl (C=O) groups is 1. The van der Waals surface area contributed by atoms with Crippen molar-refractivity contribution in [3.63, 3.8) is 0 Å². The van der Waals surface area contributed by atoms with Crippen molar-refractivity contribution in [2.45, 2.75) is 31.5 Å². The lowest BCUT2D eigenvalue weighted by Crippen LogP contribution is -2.39. The molecule has 1 saturated carbocycles. The molecule has 1 amide bonds. The molecule has 2 heterocycles. The Hall–Kier alpha value is -1.86. The molecule has 8 heteroatoms. The highest BCUT2D eigenvalue weighted by Crippen LogP contribution is 2.41. The van der Waals surface area contributed by atoms with Crippen LogP contribution in [0.25, 0.3) is 0 Å². The lowest BCUT2D eigenvalue weighted by Gasteiger charge is -2.31. The fourth-order valence-electron chi connectivity index (χ4n) is 3.69. The number of rotatable bonds is 2. The third kappa shape index (κ3) is 3.11. The zero-order valence-electron chi connectivity index (χ0n) is 13.0. The van der Waals surface area contributed by atoms with E-state index in [1.807, 2.05) is 0 Å². The largest absolute Gasteiger partial charge is 0.433 e. The maximum atomic E-state index is 12.8. The Morgan fingerprint density at radius 1 is 1.26 bits per heavy atom. The minimum Gasteiger partial charge on any atom is -0.357 e. The number of hydrogen-bond acceptors (Lipinski definition) is 4. The molecule has 1 aromatic heterocycles. The van der Waals surface area contributed by atoms with Crippen LogP contribution in [0, 0.1) is 11.8 Å². The van der Waals surface area contributed by atoms with Gasteiger partial charge in [0.1, 0.15) is 17.8 Å². The van der Waals surface area contributed by atoms with Crippen LogP contribution in [-0.4, -0.2) is 47.5 Å². The Labute approximate surface area is 132 Å². The minimum absolute atomic E-state index is 0.0975. The molecule has 0 bridgehead atoms. The third-order valence-corrected chi connectivity index (χ3v) is 5.04. The van der Waals surface area contributed by atoms with E-state index < -0.39 is 11.9 Å². The predicted octanol–water partition coefficient (Wildman–Crippen LogP) is 2.19. The van der Waals surface area contributed by atoms with E-state index in [1.165, 1.54) is 0 Å². The van der Waals surface area contributed by atoms with Crippen LogP contribution < -0.4 is 4.90 Å². The molecule has 1 saturated heterocycles. The molecule has 0 N–H and O–H groups in total. The number of hydrogen-bond donors (Lipinski definition) is 0. The van der Waals surface area contributed by atoms with E-state index >= 15 is 0 Å². The first-order valence-corrected chi connectivity index (χ1v) is 7.61. The number of aromatic nitrogens is 2. The highest BCUT2D eigenvalue weighted by atomic mass is 19.4. The molecule has 126 valence electrons. The summed E-state index contributed by atoms with van der Waals surface area (Å²) < 4.78 is 38.4. The summed E-state index contributed by atoms with van der Waals surface area (Å²) in [6.45, 7) is 0.728. The second-order valence-corrected chi connectivity index (χ2v) is 6.49. The van der Waals surface area contributed by atoms with Gasteiger partial charge < -0.3 is 9.80 Å². The van der Waals surface area contributed by atoms with Gasteiger partial charge in [-0.3, -0.25) is 4.79 Å². The van der Waals surface area contributed by atoms with Crippen LogP contribution in [0.15, 0.2) is 12.4 Å². The van der Waals surface area contributed by atoms with Gasteiger partial charge in [0.15, 0.2) is 0 Å². The van der Waals surface area contributed by atoms with Crippen molar-refractivity contribution in [3.05, 3.63) is 18.1 Å². The second kappa shape index (κ2) is 5.65. The summed E-state index contributed by atoms with van der Waals surface area (Å²) in [4.78, 5) is 22.6. The number of carbonyl (C=O) groups excluding carboxylic acids is 1. The number of fused-ring (bicyclic) bond motifs is 1. The summed E-state index contributed by atoms with van der Waals surface area (Å²) in [5.41, 5.74) is -0.931. The first-order valence-electron chi connectivity index (χ1n) is 7.61. The summed E-state index contributed by atoms with van der Waals surface area (Å²) in [5.74, 6) is 1.15. The number of likely N-dealkylation sites (tertiary alicyclic amines) is 1. The SMILES string of the molecule is CN1C[C@H]2C[C@@H](N(C)c3cc(C(F)(F)F)ncn3)C[C@H]2CC1=O. The van der Waals surface area contributed by atoms with Crippen molar-refractivity contribution in [2.24, 2.45) is 11.8 Å².